The van der Waals surface area contributed by atoms with Gasteiger partial charge in [0.15, 0.2) is 4.96 Å². The van der Waals surface area contributed by atoms with Crippen molar-refractivity contribution < 1.29 is 4.79 Å². The third-order valence-electron chi connectivity index (χ3n) is 5.25. The Morgan fingerprint density at radius 2 is 2.12 bits per heavy atom. The minimum atomic E-state index is 0.00851. The van der Waals surface area contributed by atoms with Gasteiger partial charge in [0.1, 0.15) is 4.83 Å². The zero-order valence-electron chi connectivity index (χ0n) is 13.6. The Morgan fingerprint density at radius 3 is 2.88 bits per heavy atom. The van der Waals surface area contributed by atoms with Crippen LogP contribution >= 0.6 is 22.7 Å². The lowest BCUT2D eigenvalue weighted by Gasteiger charge is -2.42. The third-order valence-corrected chi connectivity index (χ3v) is 7.02. The number of thiazole rings is 1. The fourth-order valence-corrected chi connectivity index (χ4v) is 5.38. The zero-order valence-corrected chi connectivity index (χ0v) is 15.2. The molecule has 0 bridgehead atoms. The summed E-state index contributed by atoms with van der Waals surface area (Å²) in [5.74, 6) is 0.00851. The van der Waals surface area contributed by atoms with Crippen LogP contribution in [0.2, 0.25) is 0 Å². The number of fused-ring (bicyclic) bond motifs is 3. The first kappa shape index (κ1) is 15.1. The van der Waals surface area contributed by atoms with E-state index in [-0.39, 0.29) is 11.3 Å². The summed E-state index contributed by atoms with van der Waals surface area (Å²) in [7, 11) is 0. The fraction of sp³-hybridized carbons (Fsp3) is 0.263. The average Bonchev–Trinajstić information content (AvgIpc) is 3.26. The van der Waals surface area contributed by atoms with Crippen LogP contribution in [0.3, 0.4) is 0 Å². The second-order valence-electron chi connectivity index (χ2n) is 6.65. The lowest BCUT2D eigenvalue weighted by atomic mass is 9.64. The summed E-state index contributed by atoms with van der Waals surface area (Å²) >= 11 is 3.08. The van der Waals surface area contributed by atoms with E-state index in [1.54, 1.807) is 11.3 Å². The first-order chi connectivity index (χ1) is 12.3. The molecule has 1 N–H and O–H groups in total. The molecule has 25 heavy (non-hydrogen) atoms. The van der Waals surface area contributed by atoms with Crippen molar-refractivity contribution >= 4 is 43.9 Å². The van der Waals surface area contributed by atoms with Crippen molar-refractivity contribution in [2.75, 3.05) is 6.54 Å². The smallest absolute Gasteiger partial charge is 0.261 e. The largest absolute Gasteiger partial charge is 0.350 e. The summed E-state index contributed by atoms with van der Waals surface area (Å²) in [4.78, 5) is 19.9. The Balaban J connectivity index is 1.37. The van der Waals surface area contributed by atoms with E-state index in [0.29, 0.717) is 6.54 Å². The van der Waals surface area contributed by atoms with E-state index in [0.717, 1.165) is 33.0 Å². The molecule has 1 amide bonds. The number of nitrogens with one attached hydrogen (secondary N) is 1. The lowest BCUT2D eigenvalue weighted by molar-refractivity contribution is 0.0932. The van der Waals surface area contributed by atoms with Crippen LogP contribution < -0.4 is 5.32 Å². The highest BCUT2D eigenvalue weighted by atomic mass is 32.1. The van der Waals surface area contributed by atoms with Crippen molar-refractivity contribution in [1.29, 1.82) is 0 Å². The summed E-state index contributed by atoms with van der Waals surface area (Å²) in [5, 5.41) is 5.18. The molecule has 0 aliphatic heterocycles. The number of thiophene rings is 1. The van der Waals surface area contributed by atoms with Crippen molar-refractivity contribution in [2.24, 2.45) is 0 Å². The molecule has 0 atom stereocenters. The molecule has 0 saturated heterocycles. The van der Waals surface area contributed by atoms with E-state index in [9.17, 15) is 4.79 Å². The molecule has 1 aliphatic rings. The van der Waals surface area contributed by atoms with Crippen LogP contribution in [-0.4, -0.2) is 21.8 Å². The van der Waals surface area contributed by atoms with Crippen LogP contribution in [0.4, 0.5) is 0 Å². The normalized spacial score (nSPS) is 16.2. The molecule has 0 unspecified atom stereocenters. The molecule has 0 spiro atoms. The fourth-order valence-electron chi connectivity index (χ4n) is 3.66. The molecule has 126 valence electrons. The highest BCUT2D eigenvalue weighted by Crippen LogP contribution is 2.43. The molecule has 0 radical (unpaired) electrons. The van der Waals surface area contributed by atoms with E-state index in [2.05, 4.69) is 34.6 Å². The predicted molar refractivity (Wildman–Crippen MR) is 103 cm³/mol. The van der Waals surface area contributed by atoms with Gasteiger partial charge in [0, 0.05) is 23.5 Å². The maximum atomic E-state index is 12.7. The standard InChI is InChI=1S/C19H17N3OS2/c23-16(15-11-14-17(25-15)21-18-22(14)9-10-24-18)20-12-19(7-4-8-19)13-5-2-1-3-6-13/h1-3,5-6,9-11H,4,7-8,12H2,(H,20,23). The van der Waals surface area contributed by atoms with Crippen LogP contribution in [0.1, 0.15) is 34.5 Å². The minimum Gasteiger partial charge on any atom is -0.350 e. The van der Waals surface area contributed by atoms with E-state index in [1.807, 2.05) is 28.1 Å². The summed E-state index contributed by atoms with van der Waals surface area (Å²) < 4.78 is 2.05. The quantitative estimate of drug-likeness (QED) is 0.579. The number of nitrogens with zero attached hydrogens (tertiary/aromatic N) is 2. The molecule has 6 heteroatoms. The SMILES string of the molecule is O=C(NCC1(c2ccccc2)CCC1)c1cc2c(nc3sccn32)s1. The molecule has 1 fully saturated rings. The zero-order chi connectivity index (χ0) is 16.9. The van der Waals surface area contributed by atoms with E-state index >= 15 is 0 Å². The van der Waals surface area contributed by atoms with Crippen molar-refractivity contribution in [1.82, 2.24) is 14.7 Å². The van der Waals surface area contributed by atoms with Gasteiger partial charge in [-0.2, -0.15) is 0 Å². The van der Waals surface area contributed by atoms with E-state index < -0.39 is 0 Å². The van der Waals surface area contributed by atoms with Gasteiger partial charge in [0.2, 0.25) is 0 Å². The predicted octanol–water partition coefficient (Wildman–Crippen LogP) is 4.46. The second kappa shape index (κ2) is 5.68. The third kappa shape index (κ3) is 2.40. The molecule has 4 aromatic rings. The average molecular weight is 367 g/mol. The van der Waals surface area contributed by atoms with Crippen molar-refractivity contribution in [2.45, 2.75) is 24.7 Å². The Hall–Kier alpha value is -2.18. The topological polar surface area (TPSA) is 46.4 Å². The number of hydrogen-bond acceptors (Lipinski definition) is 4. The van der Waals surface area contributed by atoms with Gasteiger partial charge in [-0.1, -0.05) is 36.8 Å². The van der Waals surface area contributed by atoms with Crippen LogP contribution in [0.5, 0.6) is 0 Å². The Kier molecular flexibility index (Phi) is 3.43. The van der Waals surface area contributed by atoms with Crippen molar-refractivity contribution in [3.8, 4) is 0 Å². The molecule has 3 aromatic heterocycles. The van der Waals surface area contributed by atoms with Gasteiger partial charge in [-0.05, 0) is 24.5 Å². The van der Waals surface area contributed by atoms with E-state index in [1.165, 1.54) is 23.3 Å². The highest BCUT2D eigenvalue weighted by Gasteiger charge is 2.38. The van der Waals surface area contributed by atoms with E-state index in [4.69, 9.17) is 0 Å². The van der Waals surface area contributed by atoms with Crippen LogP contribution in [0.25, 0.3) is 15.3 Å². The summed E-state index contributed by atoms with van der Waals surface area (Å²) in [6, 6.07) is 12.5. The maximum absolute atomic E-state index is 12.7. The highest BCUT2D eigenvalue weighted by molar-refractivity contribution is 7.21. The van der Waals surface area contributed by atoms with Crippen LogP contribution in [0.15, 0.2) is 48.0 Å². The number of rotatable bonds is 4. The lowest BCUT2D eigenvalue weighted by Crippen LogP contribution is -2.45. The van der Waals surface area contributed by atoms with Gasteiger partial charge in [-0.3, -0.25) is 9.20 Å². The molecule has 5 rings (SSSR count). The maximum Gasteiger partial charge on any atom is 0.261 e. The molecular formula is C19H17N3OS2. The van der Waals surface area contributed by atoms with Gasteiger partial charge >= 0.3 is 0 Å². The van der Waals surface area contributed by atoms with Crippen molar-refractivity contribution in [3.05, 3.63) is 58.4 Å². The molecule has 4 nitrogen and oxygen atoms in total. The van der Waals surface area contributed by atoms with Gasteiger partial charge in [-0.25, -0.2) is 4.98 Å². The monoisotopic (exact) mass is 367 g/mol. The van der Waals surface area contributed by atoms with Crippen molar-refractivity contribution in [3.63, 3.8) is 0 Å². The minimum absolute atomic E-state index is 0.00851. The van der Waals surface area contributed by atoms with Gasteiger partial charge in [0.05, 0.1) is 10.4 Å². The molecular weight excluding hydrogens is 350 g/mol. The summed E-state index contributed by atoms with van der Waals surface area (Å²) in [5.41, 5.74) is 2.47. The van der Waals surface area contributed by atoms with Crippen LogP contribution in [-0.2, 0) is 5.41 Å². The number of hydrogen-bond donors (Lipinski definition) is 1. The summed E-state index contributed by atoms with van der Waals surface area (Å²) in [6.07, 6.45) is 5.51. The number of aromatic nitrogens is 2. The molecule has 3 heterocycles. The second-order valence-corrected chi connectivity index (χ2v) is 8.55. The van der Waals surface area contributed by atoms with Crippen LogP contribution in [0, 0.1) is 0 Å². The number of benzene rings is 1. The molecule has 1 saturated carbocycles. The first-order valence-corrected chi connectivity index (χ1v) is 10.1. The van der Waals surface area contributed by atoms with Gasteiger partial charge in [-0.15, -0.1) is 22.7 Å². The van der Waals surface area contributed by atoms with Gasteiger partial charge in [0.25, 0.3) is 5.91 Å². The molecule has 1 aliphatic carbocycles. The Labute approximate surface area is 153 Å². The number of carbonyl (C=O) groups excluding carboxylic acids is 1. The Morgan fingerprint density at radius 1 is 1.28 bits per heavy atom. The Bertz CT molecular complexity index is 1060. The summed E-state index contributed by atoms with van der Waals surface area (Å²) in [6.45, 7) is 0.701. The number of imidazole rings is 1. The number of amides is 1. The number of carbonyl (C=O) groups is 1. The molecule has 1 aromatic carbocycles. The van der Waals surface area contributed by atoms with Gasteiger partial charge < -0.3 is 5.32 Å². The first-order valence-electron chi connectivity index (χ1n) is 8.44.